The predicted octanol–water partition coefficient (Wildman–Crippen LogP) is -0.584. The quantitative estimate of drug-likeness (QED) is 0.563. The van der Waals surface area contributed by atoms with Crippen molar-refractivity contribution in [1.82, 2.24) is 15.5 Å². The highest BCUT2D eigenvalue weighted by atomic mass is 16.1. The molecule has 0 saturated carbocycles. The lowest BCUT2D eigenvalue weighted by atomic mass is 10.2. The monoisotopic (exact) mass is 185 g/mol. The molecule has 0 aromatic heterocycles. The highest BCUT2D eigenvalue weighted by molar-refractivity contribution is 5.78. The van der Waals surface area contributed by atoms with Crippen LogP contribution >= 0.6 is 0 Å². The Morgan fingerprint density at radius 3 is 2.92 bits per heavy atom. The first-order valence-electron chi connectivity index (χ1n) is 4.83. The molecule has 1 amide bonds. The Morgan fingerprint density at radius 1 is 1.62 bits per heavy atom. The van der Waals surface area contributed by atoms with Crippen LogP contribution in [-0.2, 0) is 4.79 Å². The topological polar surface area (TPSA) is 44.4 Å². The average molecular weight is 185 g/mol. The summed E-state index contributed by atoms with van der Waals surface area (Å²) in [5.74, 6) is 0.171. The maximum atomic E-state index is 10.8. The Balaban J connectivity index is 1.97. The molecule has 1 saturated heterocycles. The smallest absolute Gasteiger partial charge is 0.221 e. The Kier molecular flexibility index (Phi) is 4.18. The molecule has 4 heteroatoms. The summed E-state index contributed by atoms with van der Waals surface area (Å²) in [6.45, 7) is 2.89. The van der Waals surface area contributed by atoms with Crippen LogP contribution in [0, 0.1) is 0 Å². The number of carbonyl (C=O) groups excluding carboxylic acids is 1. The summed E-state index contributed by atoms with van der Waals surface area (Å²) in [6.07, 6.45) is 1.78. The van der Waals surface area contributed by atoms with Crippen LogP contribution in [0.4, 0.5) is 0 Å². The van der Waals surface area contributed by atoms with Crippen molar-refractivity contribution in [3.63, 3.8) is 0 Å². The van der Waals surface area contributed by atoms with E-state index in [2.05, 4.69) is 29.6 Å². The number of rotatable bonds is 5. The van der Waals surface area contributed by atoms with E-state index >= 15 is 0 Å². The Morgan fingerprint density at radius 2 is 2.38 bits per heavy atom. The van der Waals surface area contributed by atoms with Gasteiger partial charge in [0.25, 0.3) is 0 Å². The fourth-order valence-corrected chi connectivity index (χ4v) is 1.45. The van der Waals surface area contributed by atoms with Crippen molar-refractivity contribution in [3.05, 3.63) is 0 Å². The van der Waals surface area contributed by atoms with Gasteiger partial charge in [-0.3, -0.25) is 4.79 Å². The molecule has 2 N–H and O–H groups in total. The van der Waals surface area contributed by atoms with Gasteiger partial charge in [0.2, 0.25) is 5.91 Å². The minimum Gasteiger partial charge on any atom is -0.354 e. The number of hydrogen-bond donors (Lipinski definition) is 2. The molecule has 1 heterocycles. The molecule has 1 aliphatic heterocycles. The molecule has 0 aliphatic carbocycles. The van der Waals surface area contributed by atoms with E-state index in [-0.39, 0.29) is 5.91 Å². The highest BCUT2D eigenvalue weighted by Gasteiger charge is 2.19. The highest BCUT2D eigenvalue weighted by Crippen LogP contribution is 1.98. The zero-order chi connectivity index (χ0) is 9.68. The van der Waals surface area contributed by atoms with Crippen LogP contribution in [0.1, 0.15) is 12.8 Å². The second-order valence-corrected chi connectivity index (χ2v) is 3.82. The molecule has 76 valence electrons. The van der Waals surface area contributed by atoms with Gasteiger partial charge in [-0.15, -0.1) is 0 Å². The van der Waals surface area contributed by atoms with Gasteiger partial charge in [0.15, 0.2) is 0 Å². The zero-order valence-corrected chi connectivity index (χ0v) is 8.47. The van der Waals surface area contributed by atoms with Crippen LogP contribution in [-0.4, -0.2) is 50.6 Å². The summed E-state index contributed by atoms with van der Waals surface area (Å²) in [7, 11) is 4.14. The first kappa shape index (κ1) is 10.5. The number of nitrogens with one attached hydrogen (secondary N) is 2. The molecule has 1 atom stereocenters. The molecule has 1 fully saturated rings. The van der Waals surface area contributed by atoms with Crippen LogP contribution in [0.25, 0.3) is 0 Å². The maximum absolute atomic E-state index is 10.8. The van der Waals surface area contributed by atoms with Crippen molar-refractivity contribution in [2.75, 3.05) is 33.7 Å². The zero-order valence-electron chi connectivity index (χ0n) is 8.47. The van der Waals surface area contributed by atoms with Crippen molar-refractivity contribution >= 4 is 5.91 Å². The van der Waals surface area contributed by atoms with Crippen LogP contribution in [0.3, 0.4) is 0 Å². The second-order valence-electron chi connectivity index (χ2n) is 3.82. The Labute approximate surface area is 79.7 Å². The summed E-state index contributed by atoms with van der Waals surface area (Å²) < 4.78 is 0. The first-order valence-corrected chi connectivity index (χ1v) is 4.83. The third-order valence-corrected chi connectivity index (χ3v) is 2.19. The lowest BCUT2D eigenvalue weighted by molar-refractivity contribution is -0.119. The molecule has 0 aromatic rings. The van der Waals surface area contributed by atoms with E-state index in [0.29, 0.717) is 12.5 Å². The van der Waals surface area contributed by atoms with Gasteiger partial charge in [0, 0.05) is 19.0 Å². The van der Waals surface area contributed by atoms with Gasteiger partial charge in [-0.25, -0.2) is 0 Å². The lowest BCUT2D eigenvalue weighted by Gasteiger charge is -2.12. The number of nitrogens with zero attached hydrogens (tertiary/aromatic N) is 1. The fraction of sp³-hybridized carbons (Fsp3) is 0.889. The second kappa shape index (κ2) is 5.19. The first-order chi connectivity index (χ1) is 6.18. The van der Waals surface area contributed by atoms with Crippen molar-refractivity contribution < 1.29 is 4.79 Å². The summed E-state index contributed by atoms with van der Waals surface area (Å²) >= 11 is 0. The van der Waals surface area contributed by atoms with Crippen LogP contribution < -0.4 is 10.6 Å². The normalized spacial score (nSPS) is 22.4. The molecule has 1 unspecified atom stereocenters. The van der Waals surface area contributed by atoms with Crippen LogP contribution in [0.15, 0.2) is 0 Å². The maximum Gasteiger partial charge on any atom is 0.221 e. The molecule has 0 spiro atoms. The minimum atomic E-state index is 0.171. The summed E-state index contributed by atoms with van der Waals surface area (Å²) in [5, 5.41) is 6.16. The van der Waals surface area contributed by atoms with Crippen LogP contribution in [0.5, 0.6) is 0 Å². The molecule has 1 rings (SSSR count). The van der Waals surface area contributed by atoms with Gasteiger partial charge >= 0.3 is 0 Å². The van der Waals surface area contributed by atoms with Gasteiger partial charge in [0.05, 0.1) is 0 Å². The number of amides is 1. The molecule has 0 aromatic carbocycles. The Hall–Kier alpha value is -0.610. The van der Waals surface area contributed by atoms with Crippen molar-refractivity contribution in [1.29, 1.82) is 0 Å². The van der Waals surface area contributed by atoms with E-state index in [1.165, 1.54) is 0 Å². The third kappa shape index (κ3) is 4.24. The lowest BCUT2D eigenvalue weighted by Crippen LogP contribution is -2.32. The average Bonchev–Trinajstić information content (AvgIpc) is 2.45. The molecule has 0 bridgehead atoms. The molecule has 13 heavy (non-hydrogen) atoms. The van der Waals surface area contributed by atoms with Gasteiger partial charge in [-0.05, 0) is 33.6 Å². The van der Waals surface area contributed by atoms with Crippen molar-refractivity contribution in [2.45, 2.75) is 18.9 Å². The molecule has 1 aliphatic rings. The molecular formula is C9H19N3O. The largest absolute Gasteiger partial charge is 0.354 e. The van der Waals surface area contributed by atoms with Crippen LogP contribution in [0.2, 0.25) is 0 Å². The predicted molar refractivity (Wildman–Crippen MR) is 52.6 cm³/mol. The van der Waals surface area contributed by atoms with Crippen molar-refractivity contribution in [3.8, 4) is 0 Å². The van der Waals surface area contributed by atoms with E-state index in [0.717, 1.165) is 26.1 Å². The Bertz CT molecular complexity index is 170. The van der Waals surface area contributed by atoms with Gasteiger partial charge in [0.1, 0.15) is 0 Å². The number of hydrogen-bond acceptors (Lipinski definition) is 3. The SMILES string of the molecule is CN(C)CCCNC1CNC(=O)C1. The van der Waals surface area contributed by atoms with E-state index in [1.54, 1.807) is 0 Å². The van der Waals surface area contributed by atoms with E-state index in [1.807, 2.05) is 0 Å². The molecule has 4 nitrogen and oxygen atoms in total. The summed E-state index contributed by atoms with van der Waals surface area (Å²) in [5.41, 5.74) is 0. The summed E-state index contributed by atoms with van der Waals surface area (Å²) in [6, 6.07) is 0.356. The molecular weight excluding hydrogens is 166 g/mol. The van der Waals surface area contributed by atoms with E-state index in [9.17, 15) is 4.79 Å². The van der Waals surface area contributed by atoms with Gasteiger partial charge < -0.3 is 15.5 Å². The van der Waals surface area contributed by atoms with Crippen molar-refractivity contribution in [2.24, 2.45) is 0 Å². The van der Waals surface area contributed by atoms with Gasteiger partial charge in [-0.2, -0.15) is 0 Å². The number of carbonyl (C=O) groups is 1. The van der Waals surface area contributed by atoms with E-state index in [4.69, 9.17) is 0 Å². The van der Waals surface area contributed by atoms with E-state index < -0.39 is 0 Å². The third-order valence-electron chi connectivity index (χ3n) is 2.19. The molecule has 0 radical (unpaired) electrons. The fourth-order valence-electron chi connectivity index (χ4n) is 1.45. The minimum absolute atomic E-state index is 0.171. The standard InChI is InChI=1S/C9H19N3O/c1-12(2)5-3-4-10-8-6-9(13)11-7-8/h8,10H,3-7H2,1-2H3,(H,11,13). The summed E-state index contributed by atoms with van der Waals surface area (Å²) in [4.78, 5) is 13.0. The van der Waals surface area contributed by atoms with Gasteiger partial charge in [-0.1, -0.05) is 0 Å².